The van der Waals surface area contributed by atoms with Gasteiger partial charge in [-0.25, -0.2) is 8.42 Å². The van der Waals surface area contributed by atoms with E-state index in [4.69, 9.17) is 4.42 Å². The maximum Gasteiger partial charge on any atom is 0.573 e. The van der Waals surface area contributed by atoms with E-state index < -0.39 is 28.0 Å². The molecule has 1 aliphatic rings. The van der Waals surface area contributed by atoms with E-state index in [1.165, 1.54) is 23.3 Å². The number of alkyl halides is 3. The van der Waals surface area contributed by atoms with Crippen molar-refractivity contribution in [3.05, 3.63) is 48.4 Å². The largest absolute Gasteiger partial charge is 0.573 e. The third-order valence-electron chi connectivity index (χ3n) is 4.43. The van der Waals surface area contributed by atoms with Crippen LogP contribution in [0, 0.1) is 0 Å². The van der Waals surface area contributed by atoms with Crippen molar-refractivity contribution < 1.29 is 40.3 Å². The number of rotatable bonds is 6. The lowest BCUT2D eigenvalue weighted by atomic mass is 10.3. The van der Waals surface area contributed by atoms with Crippen LogP contribution in [-0.4, -0.2) is 68.5 Å². The monoisotopic (exact) mass is 461 g/mol. The first-order chi connectivity index (χ1) is 14.6. The highest BCUT2D eigenvalue weighted by Crippen LogP contribution is 2.25. The molecule has 0 saturated carbocycles. The quantitative estimate of drug-likeness (QED) is 0.698. The van der Waals surface area contributed by atoms with E-state index in [0.29, 0.717) is 0 Å². The number of carbonyl (C=O) groups excluding carboxylic acids is 2. The Bertz CT molecular complexity index is 1010. The molecule has 0 bridgehead atoms. The maximum atomic E-state index is 12.7. The Morgan fingerprint density at radius 3 is 2.26 bits per heavy atom. The van der Waals surface area contributed by atoms with E-state index in [-0.39, 0.29) is 49.3 Å². The van der Waals surface area contributed by atoms with Crippen molar-refractivity contribution in [2.24, 2.45) is 0 Å². The first kappa shape index (κ1) is 22.6. The molecule has 0 unspecified atom stereocenters. The van der Waals surface area contributed by atoms with Gasteiger partial charge in [-0.15, -0.1) is 13.2 Å². The third kappa shape index (κ3) is 5.76. The number of benzene rings is 1. The highest BCUT2D eigenvalue weighted by Gasteiger charge is 2.32. The van der Waals surface area contributed by atoms with Crippen LogP contribution < -0.4 is 10.1 Å². The van der Waals surface area contributed by atoms with Gasteiger partial charge in [0.05, 0.1) is 17.7 Å². The van der Waals surface area contributed by atoms with Gasteiger partial charge in [0.25, 0.3) is 5.91 Å². The predicted molar refractivity (Wildman–Crippen MR) is 99.5 cm³/mol. The molecule has 3 rings (SSSR count). The number of hydrogen-bond donors (Lipinski definition) is 1. The molecule has 31 heavy (non-hydrogen) atoms. The van der Waals surface area contributed by atoms with Gasteiger partial charge in [0.2, 0.25) is 15.9 Å². The van der Waals surface area contributed by atoms with Crippen molar-refractivity contribution in [2.45, 2.75) is 11.3 Å². The Hall–Kier alpha value is -3.06. The highest BCUT2D eigenvalue weighted by atomic mass is 32.2. The molecule has 1 saturated heterocycles. The number of piperazine rings is 1. The Labute approximate surface area is 175 Å². The summed E-state index contributed by atoms with van der Waals surface area (Å²) in [6.07, 6.45) is -3.55. The Morgan fingerprint density at radius 2 is 1.71 bits per heavy atom. The number of ether oxygens (including phenoxy) is 1. The Balaban J connectivity index is 1.53. The van der Waals surface area contributed by atoms with E-state index in [1.807, 2.05) is 0 Å². The van der Waals surface area contributed by atoms with Crippen LogP contribution in [0.2, 0.25) is 0 Å². The number of amides is 2. The molecule has 2 amide bonds. The Kier molecular flexibility index (Phi) is 6.55. The van der Waals surface area contributed by atoms with Crippen LogP contribution in [0.3, 0.4) is 0 Å². The molecule has 1 fully saturated rings. The summed E-state index contributed by atoms with van der Waals surface area (Å²) in [6.45, 7) is -0.0666. The first-order valence-electron chi connectivity index (χ1n) is 9.02. The molecular weight excluding hydrogens is 443 g/mol. The number of halogens is 3. The lowest BCUT2D eigenvalue weighted by Gasteiger charge is -2.34. The number of carbonyl (C=O) groups is 2. The van der Waals surface area contributed by atoms with Crippen LogP contribution in [0.25, 0.3) is 0 Å². The van der Waals surface area contributed by atoms with E-state index in [1.54, 1.807) is 0 Å². The number of hydrogen-bond acceptors (Lipinski definition) is 6. The highest BCUT2D eigenvalue weighted by molar-refractivity contribution is 7.89. The lowest BCUT2D eigenvalue weighted by Crippen LogP contribution is -2.52. The van der Waals surface area contributed by atoms with Crippen LogP contribution in [0.5, 0.6) is 5.75 Å². The van der Waals surface area contributed by atoms with Gasteiger partial charge in [0.15, 0.2) is 5.76 Å². The molecule has 1 aliphatic heterocycles. The van der Waals surface area contributed by atoms with Crippen LogP contribution in [-0.2, 0) is 14.8 Å². The van der Waals surface area contributed by atoms with Crippen LogP contribution in [0.4, 0.5) is 13.2 Å². The van der Waals surface area contributed by atoms with Crippen LogP contribution in [0.15, 0.2) is 52.0 Å². The van der Waals surface area contributed by atoms with Gasteiger partial charge in [-0.3, -0.25) is 9.59 Å². The number of sulfonamides is 1. The van der Waals surface area contributed by atoms with Gasteiger partial charge < -0.3 is 19.4 Å². The fraction of sp³-hybridized carbons (Fsp3) is 0.333. The summed E-state index contributed by atoms with van der Waals surface area (Å²) >= 11 is 0. The van der Waals surface area contributed by atoms with Gasteiger partial charge in [0.1, 0.15) is 5.75 Å². The molecule has 0 aliphatic carbocycles. The Morgan fingerprint density at radius 1 is 1.06 bits per heavy atom. The van der Waals surface area contributed by atoms with Gasteiger partial charge in [-0.2, -0.15) is 4.31 Å². The normalized spacial score (nSPS) is 15.5. The molecule has 9 nitrogen and oxygen atoms in total. The van der Waals surface area contributed by atoms with E-state index in [2.05, 4.69) is 10.1 Å². The molecular formula is C18H18F3N3O6S. The lowest BCUT2D eigenvalue weighted by molar-refractivity contribution is -0.274. The number of nitrogens with one attached hydrogen (secondary N) is 1. The van der Waals surface area contributed by atoms with E-state index in [9.17, 15) is 31.2 Å². The van der Waals surface area contributed by atoms with Gasteiger partial charge in [-0.1, -0.05) is 0 Å². The third-order valence-corrected chi connectivity index (χ3v) is 6.34. The second-order valence-corrected chi connectivity index (χ2v) is 8.40. The van der Waals surface area contributed by atoms with Crippen molar-refractivity contribution >= 4 is 21.8 Å². The van der Waals surface area contributed by atoms with E-state index in [0.717, 1.165) is 28.6 Å². The molecule has 0 spiro atoms. The fourth-order valence-corrected chi connectivity index (χ4v) is 4.32. The first-order valence-corrected chi connectivity index (χ1v) is 10.5. The molecule has 168 valence electrons. The zero-order valence-electron chi connectivity index (χ0n) is 16.0. The second kappa shape index (κ2) is 8.98. The summed E-state index contributed by atoms with van der Waals surface area (Å²) in [5.74, 6) is -1.39. The summed E-state index contributed by atoms with van der Waals surface area (Å²) in [5, 5.41) is 2.42. The topological polar surface area (TPSA) is 109 Å². The average molecular weight is 461 g/mol. The van der Waals surface area contributed by atoms with Crippen molar-refractivity contribution in [2.75, 3.05) is 32.7 Å². The second-order valence-electron chi connectivity index (χ2n) is 6.46. The van der Waals surface area contributed by atoms with Gasteiger partial charge in [-0.05, 0) is 36.4 Å². The summed E-state index contributed by atoms with van der Waals surface area (Å²) in [4.78, 5) is 25.3. The predicted octanol–water partition coefficient (Wildman–Crippen LogP) is 1.44. The minimum atomic E-state index is -4.87. The molecule has 0 atom stereocenters. The molecule has 1 N–H and O–H groups in total. The molecule has 1 aromatic heterocycles. The summed E-state index contributed by atoms with van der Waals surface area (Å²) in [6, 6.07) is 6.87. The van der Waals surface area contributed by atoms with Crippen molar-refractivity contribution in [1.82, 2.24) is 14.5 Å². The SMILES string of the molecule is O=C(NCC(=O)N1CCN(S(=O)(=O)c2ccc(OC(F)(F)F)cc2)CC1)c1ccco1. The van der Waals surface area contributed by atoms with Crippen LogP contribution in [0.1, 0.15) is 10.6 Å². The van der Waals surface area contributed by atoms with Crippen molar-refractivity contribution in [1.29, 1.82) is 0 Å². The summed E-state index contributed by atoms with van der Waals surface area (Å²) < 4.78 is 71.9. The standard InChI is InChI=1S/C18H18F3N3O6S/c19-18(20,21)30-13-3-5-14(6-4-13)31(27,28)24-9-7-23(8-10-24)16(25)12-22-17(26)15-2-1-11-29-15/h1-6,11H,7-10,12H2,(H,22,26). The molecule has 2 aromatic rings. The van der Waals surface area contributed by atoms with E-state index >= 15 is 0 Å². The fourth-order valence-electron chi connectivity index (χ4n) is 2.90. The molecule has 1 aromatic carbocycles. The van der Waals surface area contributed by atoms with Crippen molar-refractivity contribution in [3.8, 4) is 5.75 Å². The van der Waals surface area contributed by atoms with Gasteiger partial charge in [0, 0.05) is 26.2 Å². The summed E-state index contributed by atoms with van der Waals surface area (Å²) in [7, 11) is -3.95. The minimum Gasteiger partial charge on any atom is -0.459 e. The molecule has 0 radical (unpaired) electrons. The maximum absolute atomic E-state index is 12.7. The van der Waals surface area contributed by atoms with Crippen molar-refractivity contribution in [3.63, 3.8) is 0 Å². The van der Waals surface area contributed by atoms with Gasteiger partial charge >= 0.3 is 6.36 Å². The zero-order chi connectivity index (χ0) is 22.6. The summed E-state index contributed by atoms with van der Waals surface area (Å²) in [5.41, 5.74) is 0. The zero-order valence-corrected chi connectivity index (χ0v) is 16.8. The van der Waals surface area contributed by atoms with Crippen LogP contribution >= 0.6 is 0 Å². The number of furan rings is 1. The molecule has 13 heteroatoms. The smallest absolute Gasteiger partial charge is 0.459 e. The average Bonchev–Trinajstić information content (AvgIpc) is 3.26. The number of nitrogens with zero attached hydrogens (tertiary/aromatic N) is 2. The molecule has 2 heterocycles. The minimum absolute atomic E-state index is 0.000998.